The maximum absolute atomic E-state index is 12.9. The molecule has 0 aliphatic carbocycles. The summed E-state index contributed by atoms with van der Waals surface area (Å²) < 4.78 is 16.9. The predicted molar refractivity (Wildman–Crippen MR) is 168 cm³/mol. The van der Waals surface area contributed by atoms with Crippen molar-refractivity contribution in [1.29, 1.82) is 0 Å². The highest BCUT2D eigenvalue weighted by atomic mass is 16.6. The second-order valence-electron chi connectivity index (χ2n) is 12.1. The summed E-state index contributed by atoms with van der Waals surface area (Å²) in [7, 11) is 1.65. The molecule has 1 fully saturated rings. The second kappa shape index (κ2) is 24.7. The zero-order valence-electron chi connectivity index (χ0n) is 26.3. The number of Topliss-reactive ketones (excluding diaryl/α,β-unsaturated/α-hetero) is 1. The van der Waals surface area contributed by atoms with Gasteiger partial charge in [-0.15, -0.1) is 0 Å². The van der Waals surface area contributed by atoms with E-state index in [1.807, 2.05) is 24.3 Å². The number of rotatable bonds is 4. The summed E-state index contributed by atoms with van der Waals surface area (Å²) in [5, 5.41) is 0. The van der Waals surface area contributed by atoms with Gasteiger partial charge >= 0.3 is 5.97 Å². The first-order valence-corrected chi connectivity index (χ1v) is 17.1. The Hall–Kier alpha value is -1.88. The lowest BCUT2D eigenvalue weighted by Crippen LogP contribution is -2.27. The molecule has 1 atom stereocenters. The first-order valence-electron chi connectivity index (χ1n) is 17.1. The molecule has 0 bridgehead atoms. The average Bonchev–Trinajstić information content (AvgIpc) is 2.98. The van der Waals surface area contributed by atoms with E-state index in [4.69, 9.17) is 14.2 Å². The number of hydrogen-bond acceptors (Lipinski definition) is 5. The van der Waals surface area contributed by atoms with E-state index in [1.54, 1.807) is 7.11 Å². The lowest BCUT2D eigenvalue weighted by Gasteiger charge is -2.17. The Labute approximate surface area is 251 Å². The van der Waals surface area contributed by atoms with Crippen LogP contribution in [0.5, 0.6) is 5.75 Å². The van der Waals surface area contributed by atoms with Crippen LogP contribution in [0.1, 0.15) is 160 Å². The van der Waals surface area contributed by atoms with E-state index in [0.29, 0.717) is 38.3 Å². The minimum Gasteiger partial charge on any atom is -0.497 e. The molecule has 1 aliphatic heterocycles. The van der Waals surface area contributed by atoms with E-state index >= 15 is 0 Å². The predicted octanol–water partition coefficient (Wildman–Crippen LogP) is 10.1. The maximum Gasteiger partial charge on any atom is 0.335 e. The second-order valence-corrected chi connectivity index (χ2v) is 12.1. The van der Waals surface area contributed by atoms with Gasteiger partial charge in [-0.1, -0.05) is 128 Å². The van der Waals surface area contributed by atoms with Crippen molar-refractivity contribution in [2.75, 3.05) is 13.7 Å². The molecule has 5 nitrogen and oxygen atoms in total. The van der Waals surface area contributed by atoms with Crippen LogP contribution in [0.25, 0.3) is 0 Å². The fourth-order valence-electron chi connectivity index (χ4n) is 5.66. The third-order valence-electron chi connectivity index (χ3n) is 8.39. The van der Waals surface area contributed by atoms with Gasteiger partial charge in [0.2, 0.25) is 0 Å². The Bertz CT molecular complexity index is 775. The molecule has 1 aromatic rings. The number of esters is 1. The maximum atomic E-state index is 12.9. The molecular weight excluding hydrogens is 512 g/mol. The van der Waals surface area contributed by atoms with Gasteiger partial charge in [0.25, 0.3) is 0 Å². The number of methoxy groups -OCH3 is 1. The fourth-order valence-corrected chi connectivity index (χ4v) is 5.66. The Kier molecular flexibility index (Phi) is 21.3. The molecule has 0 unspecified atom stereocenters. The van der Waals surface area contributed by atoms with Gasteiger partial charge < -0.3 is 14.2 Å². The number of ether oxygens (including phenoxy) is 3. The summed E-state index contributed by atoms with van der Waals surface area (Å²) in [6, 6.07) is 7.75. The quantitative estimate of drug-likeness (QED) is 0.336. The molecule has 5 heteroatoms. The number of cyclic esters (lactones) is 1. The van der Waals surface area contributed by atoms with Gasteiger partial charge in [0.15, 0.2) is 6.10 Å². The largest absolute Gasteiger partial charge is 0.497 e. The normalized spacial score (nSPS) is 22.0. The van der Waals surface area contributed by atoms with Gasteiger partial charge in [-0.25, -0.2) is 4.79 Å². The van der Waals surface area contributed by atoms with Gasteiger partial charge in [0.05, 0.1) is 20.3 Å². The number of carbonyl (C=O) groups excluding carboxylic acids is 2. The average molecular weight is 573 g/mol. The van der Waals surface area contributed by atoms with Crippen molar-refractivity contribution in [1.82, 2.24) is 0 Å². The molecule has 1 saturated heterocycles. The molecule has 0 N–H and O–H groups in total. The molecule has 1 heterocycles. The highest BCUT2D eigenvalue weighted by molar-refractivity contribution is 5.78. The molecule has 0 spiro atoms. The van der Waals surface area contributed by atoms with E-state index in [0.717, 1.165) is 43.4 Å². The summed E-state index contributed by atoms with van der Waals surface area (Å²) in [5.74, 6) is 0.883. The smallest absolute Gasteiger partial charge is 0.335 e. The first-order chi connectivity index (χ1) is 20.2. The SMILES string of the molecule is COc1ccc(CO[C@H]2CCCCCCCCCCCCCCCCCCCCCC(=O)CCCCOC2=O)cc1. The Morgan fingerprint density at radius 1 is 0.610 bits per heavy atom. The molecule has 1 aromatic carbocycles. The standard InChI is InChI=1S/C36H60O5/c1-39-34-28-26-32(27-29-34)31-41-35-25-20-18-16-14-12-10-8-6-4-2-3-5-7-9-11-13-15-17-19-23-33(37)24-21-22-30-40-36(35)38/h26-29,35H,2-25,30-31H2,1H3/t35-/m0/s1. The zero-order valence-corrected chi connectivity index (χ0v) is 26.3. The van der Waals surface area contributed by atoms with E-state index in [-0.39, 0.29) is 5.97 Å². The van der Waals surface area contributed by atoms with Crippen LogP contribution in [-0.2, 0) is 25.7 Å². The van der Waals surface area contributed by atoms with Crippen LogP contribution in [0.15, 0.2) is 24.3 Å². The van der Waals surface area contributed by atoms with Crippen LogP contribution in [0, 0.1) is 0 Å². The van der Waals surface area contributed by atoms with Crippen molar-refractivity contribution in [3.63, 3.8) is 0 Å². The highest BCUT2D eigenvalue weighted by Gasteiger charge is 2.20. The third-order valence-corrected chi connectivity index (χ3v) is 8.39. The lowest BCUT2D eigenvalue weighted by atomic mass is 10.0. The van der Waals surface area contributed by atoms with E-state index in [9.17, 15) is 9.59 Å². The van der Waals surface area contributed by atoms with Gasteiger partial charge in [0.1, 0.15) is 11.5 Å². The molecule has 0 amide bonds. The summed E-state index contributed by atoms with van der Waals surface area (Å²) in [5.41, 5.74) is 1.01. The molecular formula is C36H60O5. The molecule has 1 aliphatic rings. The van der Waals surface area contributed by atoms with Crippen molar-refractivity contribution in [3.05, 3.63) is 29.8 Å². The van der Waals surface area contributed by atoms with Crippen LogP contribution >= 0.6 is 0 Å². The summed E-state index contributed by atoms with van der Waals surface area (Å²) >= 11 is 0. The minimum absolute atomic E-state index is 0.270. The van der Waals surface area contributed by atoms with Crippen molar-refractivity contribution in [3.8, 4) is 5.75 Å². The van der Waals surface area contributed by atoms with E-state index < -0.39 is 6.10 Å². The zero-order chi connectivity index (χ0) is 29.2. The molecule has 2 rings (SSSR count). The highest BCUT2D eigenvalue weighted by Crippen LogP contribution is 2.18. The topological polar surface area (TPSA) is 61.8 Å². The van der Waals surface area contributed by atoms with Crippen molar-refractivity contribution < 1.29 is 23.8 Å². The van der Waals surface area contributed by atoms with Gasteiger partial charge in [-0.3, -0.25) is 4.79 Å². The molecule has 0 radical (unpaired) electrons. The Balaban J connectivity index is 1.76. The van der Waals surface area contributed by atoms with Crippen molar-refractivity contribution >= 4 is 11.8 Å². The van der Waals surface area contributed by atoms with Gasteiger partial charge in [-0.05, 0) is 43.4 Å². The molecule has 0 saturated carbocycles. The first kappa shape index (κ1) is 35.3. The Morgan fingerprint density at radius 2 is 1.05 bits per heavy atom. The number of benzene rings is 1. The monoisotopic (exact) mass is 572 g/mol. The Morgan fingerprint density at radius 3 is 1.54 bits per heavy atom. The summed E-state index contributed by atoms with van der Waals surface area (Å²) in [6.07, 6.45) is 27.4. The van der Waals surface area contributed by atoms with Crippen molar-refractivity contribution in [2.45, 2.75) is 167 Å². The number of hydrogen-bond donors (Lipinski definition) is 0. The van der Waals surface area contributed by atoms with Crippen LogP contribution in [0.3, 0.4) is 0 Å². The van der Waals surface area contributed by atoms with Crippen LogP contribution in [0.4, 0.5) is 0 Å². The van der Waals surface area contributed by atoms with Crippen LogP contribution < -0.4 is 4.74 Å². The van der Waals surface area contributed by atoms with E-state index in [1.165, 1.54) is 103 Å². The third kappa shape index (κ3) is 19.0. The van der Waals surface area contributed by atoms with Crippen molar-refractivity contribution in [2.24, 2.45) is 0 Å². The summed E-state index contributed by atoms with van der Waals surface area (Å²) in [6.45, 7) is 0.729. The lowest BCUT2D eigenvalue weighted by molar-refractivity contribution is -0.158. The number of carbonyl (C=O) groups is 2. The van der Waals surface area contributed by atoms with Crippen LogP contribution in [0.2, 0.25) is 0 Å². The molecule has 234 valence electrons. The van der Waals surface area contributed by atoms with Gasteiger partial charge in [0, 0.05) is 12.8 Å². The van der Waals surface area contributed by atoms with E-state index in [2.05, 4.69) is 0 Å². The summed E-state index contributed by atoms with van der Waals surface area (Å²) in [4.78, 5) is 25.1. The fraction of sp³-hybridized carbons (Fsp3) is 0.778. The molecule has 41 heavy (non-hydrogen) atoms. The minimum atomic E-state index is -0.547. The van der Waals surface area contributed by atoms with Crippen LogP contribution in [-0.4, -0.2) is 31.6 Å². The number of ketones is 1. The molecule has 0 aromatic heterocycles. The van der Waals surface area contributed by atoms with Gasteiger partial charge in [-0.2, -0.15) is 0 Å².